The van der Waals surface area contributed by atoms with Crippen molar-refractivity contribution in [3.63, 3.8) is 0 Å². The van der Waals surface area contributed by atoms with Crippen molar-refractivity contribution in [3.05, 3.63) is 58.0 Å². The van der Waals surface area contributed by atoms with Crippen molar-refractivity contribution in [1.82, 2.24) is 19.9 Å². The van der Waals surface area contributed by atoms with Crippen LogP contribution in [0.25, 0.3) is 10.6 Å². The zero-order chi connectivity index (χ0) is 14.7. The summed E-state index contributed by atoms with van der Waals surface area (Å²) in [5.41, 5.74) is 3.58. The highest BCUT2D eigenvalue weighted by molar-refractivity contribution is 9.10. The van der Waals surface area contributed by atoms with Crippen LogP contribution in [0.3, 0.4) is 0 Å². The highest BCUT2D eigenvalue weighted by atomic mass is 79.9. The number of rotatable bonds is 5. The van der Waals surface area contributed by atoms with Crippen molar-refractivity contribution in [1.29, 1.82) is 0 Å². The van der Waals surface area contributed by atoms with E-state index >= 15 is 0 Å². The first-order chi connectivity index (χ1) is 10.2. The average Bonchev–Trinajstić information content (AvgIpc) is 3.13. The van der Waals surface area contributed by atoms with Gasteiger partial charge < -0.3 is 9.88 Å². The third kappa shape index (κ3) is 3.40. The van der Waals surface area contributed by atoms with Crippen LogP contribution in [0.5, 0.6) is 0 Å². The Morgan fingerprint density at radius 1 is 1.19 bits per heavy atom. The number of hydrogen-bond donors (Lipinski definition) is 1. The van der Waals surface area contributed by atoms with Gasteiger partial charge >= 0.3 is 0 Å². The Labute approximate surface area is 136 Å². The summed E-state index contributed by atoms with van der Waals surface area (Å²) in [5.74, 6) is 0. The van der Waals surface area contributed by atoms with Gasteiger partial charge in [-0.2, -0.15) is 0 Å². The molecule has 3 aromatic rings. The predicted octanol–water partition coefficient (Wildman–Crippen LogP) is 3.60. The molecule has 0 bridgehead atoms. The minimum absolute atomic E-state index is 0.783. The molecule has 0 saturated heterocycles. The van der Waals surface area contributed by atoms with E-state index in [0.29, 0.717) is 0 Å². The fourth-order valence-electron chi connectivity index (χ4n) is 2.08. The van der Waals surface area contributed by atoms with Crippen LogP contribution in [0.1, 0.15) is 11.3 Å². The van der Waals surface area contributed by atoms with Gasteiger partial charge in [0.1, 0.15) is 9.61 Å². The van der Waals surface area contributed by atoms with Gasteiger partial charge in [0, 0.05) is 37.3 Å². The second-order valence-electron chi connectivity index (χ2n) is 4.73. The van der Waals surface area contributed by atoms with Gasteiger partial charge in [-0.15, -0.1) is 11.3 Å². The van der Waals surface area contributed by atoms with E-state index in [1.807, 2.05) is 29.5 Å². The Hall–Kier alpha value is -1.50. The lowest BCUT2D eigenvalue weighted by Crippen LogP contribution is -2.15. The molecule has 0 spiro atoms. The van der Waals surface area contributed by atoms with Crippen molar-refractivity contribution >= 4 is 27.3 Å². The Balaban J connectivity index is 1.59. The van der Waals surface area contributed by atoms with E-state index in [1.165, 1.54) is 11.1 Å². The first-order valence-electron chi connectivity index (χ1n) is 6.59. The van der Waals surface area contributed by atoms with Gasteiger partial charge in [0.25, 0.3) is 0 Å². The fourth-order valence-corrected chi connectivity index (χ4v) is 3.24. The van der Waals surface area contributed by atoms with Crippen LogP contribution in [-0.4, -0.2) is 14.5 Å². The Kier molecular flexibility index (Phi) is 4.48. The van der Waals surface area contributed by atoms with Gasteiger partial charge in [-0.3, -0.25) is 0 Å². The summed E-state index contributed by atoms with van der Waals surface area (Å²) in [6.45, 7) is 1.61. The van der Waals surface area contributed by atoms with Gasteiger partial charge in [0.15, 0.2) is 0 Å². The van der Waals surface area contributed by atoms with Crippen molar-refractivity contribution in [2.45, 2.75) is 13.1 Å². The Bertz CT molecular complexity index is 684. The topological polar surface area (TPSA) is 42.7 Å². The molecule has 1 N–H and O–H groups in total. The first-order valence-corrected chi connectivity index (χ1v) is 8.26. The number of hydrogen-bond acceptors (Lipinski definition) is 4. The molecule has 0 unspecified atom stereocenters. The number of benzene rings is 1. The van der Waals surface area contributed by atoms with Crippen molar-refractivity contribution in [2.24, 2.45) is 7.05 Å². The lowest BCUT2D eigenvalue weighted by atomic mass is 10.1. The van der Waals surface area contributed by atoms with Crippen LogP contribution in [0.15, 0.2) is 46.8 Å². The van der Waals surface area contributed by atoms with E-state index in [4.69, 9.17) is 0 Å². The quantitative estimate of drug-likeness (QED) is 0.753. The highest BCUT2D eigenvalue weighted by Gasteiger charge is 2.05. The van der Waals surface area contributed by atoms with E-state index in [0.717, 1.165) is 28.4 Å². The molecule has 0 radical (unpaired) electrons. The molecule has 2 aromatic heterocycles. The molecule has 3 rings (SSSR count). The zero-order valence-corrected chi connectivity index (χ0v) is 14.0. The van der Waals surface area contributed by atoms with E-state index in [9.17, 15) is 0 Å². The van der Waals surface area contributed by atoms with E-state index in [1.54, 1.807) is 11.3 Å². The van der Waals surface area contributed by atoms with Gasteiger partial charge in [0.05, 0.1) is 12.0 Å². The maximum atomic E-state index is 4.32. The van der Waals surface area contributed by atoms with Crippen molar-refractivity contribution in [2.75, 3.05) is 0 Å². The van der Waals surface area contributed by atoms with Crippen LogP contribution < -0.4 is 5.32 Å². The Morgan fingerprint density at radius 3 is 2.62 bits per heavy atom. The highest BCUT2D eigenvalue weighted by Crippen LogP contribution is 2.21. The second-order valence-corrected chi connectivity index (χ2v) is 6.38. The van der Waals surface area contributed by atoms with Crippen LogP contribution in [0.2, 0.25) is 0 Å². The molecule has 0 amide bonds. The molecule has 0 saturated carbocycles. The molecule has 2 heterocycles. The SMILES string of the molecule is Cn1cnc(Br)c1CNCc1ccc(-c2nccs2)cc1. The zero-order valence-electron chi connectivity index (χ0n) is 11.6. The standard InChI is InChI=1S/C15H15BrN4S/c1-20-10-19-14(16)13(20)9-17-8-11-2-4-12(5-3-11)15-18-6-7-21-15/h2-7,10,17H,8-9H2,1H3. The fraction of sp³-hybridized carbons (Fsp3) is 0.200. The largest absolute Gasteiger partial charge is 0.336 e. The number of thiazole rings is 1. The number of aryl methyl sites for hydroxylation is 1. The number of imidazole rings is 1. The summed E-state index contributed by atoms with van der Waals surface area (Å²) in [4.78, 5) is 8.54. The maximum absolute atomic E-state index is 4.32. The van der Waals surface area contributed by atoms with E-state index in [2.05, 4.69) is 55.5 Å². The third-order valence-electron chi connectivity index (χ3n) is 3.26. The lowest BCUT2D eigenvalue weighted by molar-refractivity contribution is 0.653. The number of nitrogens with zero attached hydrogens (tertiary/aromatic N) is 3. The number of aromatic nitrogens is 3. The van der Waals surface area contributed by atoms with Crippen molar-refractivity contribution in [3.8, 4) is 10.6 Å². The van der Waals surface area contributed by atoms with Gasteiger partial charge in [-0.25, -0.2) is 9.97 Å². The van der Waals surface area contributed by atoms with Gasteiger partial charge in [0.2, 0.25) is 0 Å². The van der Waals surface area contributed by atoms with Crippen LogP contribution in [0, 0.1) is 0 Å². The molecule has 0 aliphatic heterocycles. The smallest absolute Gasteiger partial charge is 0.128 e. The van der Waals surface area contributed by atoms with E-state index in [-0.39, 0.29) is 0 Å². The molecular weight excluding hydrogens is 348 g/mol. The number of halogens is 1. The molecule has 0 aliphatic carbocycles. The third-order valence-corrected chi connectivity index (χ3v) is 4.75. The lowest BCUT2D eigenvalue weighted by Gasteiger charge is -2.07. The van der Waals surface area contributed by atoms with Gasteiger partial charge in [-0.05, 0) is 21.5 Å². The molecule has 6 heteroatoms. The molecule has 0 atom stereocenters. The molecule has 21 heavy (non-hydrogen) atoms. The monoisotopic (exact) mass is 362 g/mol. The summed E-state index contributed by atoms with van der Waals surface area (Å²) >= 11 is 5.12. The minimum atomic E-state index is 0.783. The molecule has 0 aliphatic rings. The minimum Gasteiger partial charge on any atom is -0.336 e. The van der Waals surface area contributed by atoms with Crippen molar-refractivity contribution < 1.29 is 0 Å². The summed E-state index contributed by atoms with van der Waals surface area (Å²) in [5, 5.41) is 6.50. The van der Waals surface area contributed by atoms with Crippen LogP contribution >= 0.6 is 27.3 Å². The molecule has 0 fully saturated rings. The van der Waals surface area contributed by atoms with Gasteiger partial charge in [-0.1, -0.05) is 24.3 Å². The second kappa shape index (κ2) is 6.51. The van der Waals surface area contributed by atoms with Crippen LogP contribution in [-0.2, 0) is 20.1 Å². The molecule has 4 nitrogen and oxygen atoms in total. The first kappa shape index (κ1) is 14.4. The average molecular weight is 363 g/mol. The summed E-state index contributed by atoms with van der Waals surface area (Å²) in [6.07, 6.45) is 3.64. The summed E-state index contributed by atoms with van der Waals surface area (Å²) < 4.78 is 2.92. The molecule has 1 aromatic carbocycles. The predicted molar refractivity (Wildman–Crippen MR) is 89.0 cm³/mol. The van der Waals surface area contributed by atoms with Crippen LogP contribution in [0.4, 0.5) is 0 Å². The number of nitrogens with one attached hydrogen (secondary N) is 1. The summed E-state index contributed by atoms with van der Waals surface area (Å²) in [7, 11) is 2.00. The molecular formula is C15H15BrN4S. The Morgan fingerprint density at radius 2 is 2.00 bits per heavy atom. The molecule has 108 valence electrons. The maximum Gasteiger partial charge on any atom is 0.128 e. The van der Waals surface area contributed by atoms with E-state index < -0.39 is 0 Å². The normalized spacial score (nSPS) is 11.0. The summed E-state index contributed by atoms with van der Waals surface area (Å²) in [6, 6.07) is 8.52.